The van der Waals surface area contributed by atoms with Crippen molar-refractivity contribution in [1.29, 1.82) is 0 Å². The molecule has 1 aliphatic carbocycles. The molecular weight excluding hydrogens is 252 g/mol. The van der Waals surface area contributed by atoms with Gasteiger partial charge in [0.15, 0.2) is 5.65 Å². The van der Waals surface area contributed by atoms with Crippen molar-refractivity contribution in [2.75, 3.05) is 11.9 Å². The Kier molecular flexibility index (Phi) is 3.61. The van der Waals surface area contributed by atoms with Gasteiger partial charge in [-0.25, -0.2) is 4.52 Å². The highest BCUT2D eigenvalue weighted by Gasteiger charge is 2.28. The highest BCUT2D eigenvalue weighted by Crippen LogP contribution is 2.27. The van der Waals surface area contributed by atoms with E-state index in [-0.39, 0.29) is 0 Å². The molecule has 0 aliphatic heterocycles. The smallest absolute Gasteiger partial charge is 0.243 e. The van der Waals surface area contributed by atoms with Crippen LogP contribution in [0.5, 0.6) is 0 Å². The zero-order chi connectivity index (χ0) is 14.0. The molecule has 1 saturated carbocycles. The Bertz CT molecular complexity index is 585. The van der Waals surface area contributed by atoms with Crippen LogP contribution in [0.2, 0.25) is 0 Å². The highest BCUT2D eigenvalue weighted by molar-refractivity contribution is 5.45. The van der Waals surface area contributed by atoms with Gasteiger partial charge in [-0.2, -0.15) is 4.98 Å². The molecular formula is C15H22N4O. The van der Waals surface area contributed by atoms with E-state index >= 15 is 0 Å². The van der Waals surface area contributed by atoms with E-state index in [4.69, 9.17) is 0 Å². The number of pyridine rings is 1. The largest absolute Gasteiger partial charge is 0.388 e. The molecule has 5 heteroatoms. The number of aryl methyl sites for hydroxylation is 1. The Labute approximate surface area is 119 Å². The van der Waals surface area contributed by atoms with Gasteiger partial charge in [-0.05, 0) is 37.5 Å². The summed E-state index contributed by atoms with van der Waals surface area (Å²) in [5, 5.41) is 18.2. The Balaban J connectivity index is 1.69. The van der Waals surface area contributed by atoms with E-state index in [0.717, 1.165) is 31.3 Å². The Hall–Kier alpha value is -1.62. The lowest BCUT2D eigenvalue weighted by Gasteiger charge is -2.26. The van der Waals surface area contributed by atoms with E-state index in [1.807, 2.05) is 25.3 Å². The van der Waals surface area contributed by atoms with Gasteiger partial charge in [-0.3, -0.25) is 0 Å². The molecule has 0 radical (unpaired) electrons. The minimum atomic E-state index is -0.607. The molecule has 3 rings (SSSR count). The zero-order valence-corrected chi connectivity index (χ0v) is 12.0. The summed E-state index contributed by atoms with van der Waals surface area (Å²) in [5.41, 5.74) is 1.39. The highest BCUT2D eigenvalue weighted by atomic mass is 16.3. The van der Waals surface area contributed by atoms with Gasteiger partial charge in [0.25, 0.3) is 0 Å². The third-order valence-electron chi connectivity index (χ3n) is 4.10. The van der Waals surface area contributed by atoms with E-state index in [0.29, 0.717) is 12.5 Å². The van der Waals surface area contributed by atoms with E-state index in [2.05, 4.69) is 15.4 Å². The van der Waals surface area contributed by atoms with Crippen molar-refractivity contribution in [2.45, 2.75) is 51.0 Å². The predicted octanol–water partition coefficient (Wildman–Crippen LogP) is 2.53. The van der Waals surface area contributed by atoms with E-state index in [1.165, 1.54) is 18.4 Å². The van der Waals surface area contributed by atoms with Crippen LogP contribution in [0, 0.1) is 6.92 Å². The molecule has 2 aromatic rings. The molecule has 0 amide bonds. The lowest BCUT2D eigenvalue weighted by molar-refractivity contribution is 0.0380. The molecule has 1 aliphatic rings. The van der Waals surface area contributed by atoms with Gasteiger partial charge in [0.1, 0.15) is 0 Å². The number of anilines is 1. The summed E-state index contributed by atoms with van der Waals surface area (Å²) in [6, 6.07) is 4.00. The molecule has 0 unspecified atom stereocenters. The van der Waals surface area contributed by atoms with Crippen LogP contribution in [-0.2, 0) is 0 Å². The van der Waals surface area contributed by atoms with Gasteiger partial charge >= 0.3 is 0 Å². The summed E-state index contributed by atoms with van der Waals surface area (Å²) in [4.78, 5) is 4.44. The first-order chi connectivity index (χ1) is 9.65. The van der Waals surface area contributed by atoms with Crippen LogP contribution in [0.25, 0.3) is 5.65 Å². The maximum Gasteiger partial charge on any atom is 0.243 e. The van der Waals surface area contributed by atoms with Crippen LogP contribution >= 0.6 is 0 Å². The predicted molar refractivity (Wildman–Crippen MR) is 78.9 cm³/mol. The molecule has 5 nitrogen and oxygen atoms in total. The van der Waals surface area contributed by atoms with Crippen LogP contribution in [0.1, 0.15) is 44.1 Å². The standard InChI is InChI=1S/C15H22N4O/c1-12-6-9-19-13(10-12)17-14(18-19)16-11-15(20)7-4-2-3-5-8-15/h6,9-10,20H,2-5,7-8,11H2,1H3,(H,16,18). The SMILES string of the molecule is Cc1ccn2nc(NCC3(O)CCCCCC3)nc2c1. The number of rotatable bonds is 3. The summed E-state index contributed by atoms with van der Waals surface area (Å²) in [6.07, 6.45) is 8.32. The van der Waals surface area contributed by atoms with Gasteiger partial charge in [-0.15, -0.1) is 5.10 Å². The third-order valence-corrected chi connectivity index (χ3v) is 4.10. The number of hydrogen-bond acceptors (Lipinski definition) is 4. The van der Waals surface area contributed by atoms with Crippen molar-refractivity contribution in [3.63, 3.8) is 0 Å². The quantitative estimate of drug-likeness (QED) is 0.844. The molecule has 0 aromatic carbocycles. The summed E-state index contributed by atoms with van der Waals surface area (Å²) in [6.45, 7) is 2.57. The van der Waals surface area contributed by atoms with Gasteiger partial charge in [-0.1, -0.05) is 25.7 Å². The maximum absolute atomic E-state index is 10.6. The molecule has 2 aromatic heterocycles. The second-order valence-electron chi connectivity index (χ2n) is 5.93. The van der Waals surface area contributed by atoms with Crippen LogP contribution < -0.4 is 5.32 Å². The van der Waals surface area contributed by atoms with Gasteiger partial charge in [0.05, 0.1) is 5.60 Å². The molecule has 0 saturated heterocycles. The normalized spacial score (nSPS) is 18.9. The van der Waals surface area contributed by atoms with Crippen molar-refractivity contribution in [3.05, 3.63) is 23.9 Å². The first kappa shape index (κ1) is 13.4. The Morgan fingerprint density at radius 3 is 2.80 bits per heavy atom. The van der Waals surface area contributed by atoms with Crippen molar-refractivity contribution in [1.82, 2.24) is 14.6 Å². The van der Waals surface area contributed by atoms with E-state index in [9.17, 15) is 5.11 Å². The average Bonchev–Trinajstić information content (AvgIpc) is 2.70. The molecule has 0 bridgehead atoms. The number of nitrogens with zero attached hydrogens (tertiary/aromatic N) is 3. The lowest BCUT2D eigenvalue weighted by Crippen LogP contribution is -2.36. The number of aliphatic hydroxyl groups is 1. The second kappa shape index (κ2) is 5.40. The first-order valence-electron chi connectivity index (χ1n) is 7.44. The van der Waals surface area contributed by atoms with Crippen LogP contribution in [0.3, 0.4) is 0 Å². The van der Waals surface area contributed by atoms with Crippen molar-refractivity contribution in [3.8, 4) is 0 Å². The molecule has 2 heterocycles. The van der Waals surface area contributed by atoms with Crippen molar-refractivity contribution in [2.24, 2.45) is 0 Å². The summed E-state index contributed by atoms with van der Waals surface area (Å²) < 4.78 is 1.76. The fourth-order valence-corrected chi connectivity index (χ4v) is 2.87. The Morgan fingerprint density at radius 1 is 1.30 bits per heavy atom. The molecule has 2 N–H and O–H groups in total. The van der Waals surface area contributed by atoms with E-state index < -0.39 is 5.60 Å². The van der Waals surface area contributed by atoms with Gasteiger partial charge in [0, 0.05) is 12.7 Å². The second-order valence-corrected chi connectivity index (χ2v) is 5.93. The molecule has 0 spiro atoms. The summed E-state index contributed by atoms with van der Waals surface area (Å²) >= 11 is 0. The fourth-order valence-electron chi connectivity index (χ4n) is 2.87. The van der Waals surface area contributed by atoms with Crippen LogP contribution in [0.4, 0.5) is 5.95 Å². The minimum Gasteiger partial charge on any atom is -0.388 e. The lowest BCUT2D eigenvalue weighted by atomic mass is 9.95. The number of hydrogen-bond donors (Lipinski definition) is 2. The summed E-state index contributed by atoms with van der Waals surface area (Å²) in [5.74, 6) is 0.591. The van der Waals surface area contributed by atoms with Crippen molar-refractivity contribution < 1.29 is 5.11 Å². The molecule has 1 fully saturated rings. The van der Waals surface area contributed by atoms with Gasteiger partial charge in [0.2, 0.25) is 5.95 Å². The molecule has 0 atom stereocenters. The Morgan fingerprint density at radius 2 is 2.05 bits per heavy atom. The minimum absolute atomic E-state index is 0.531. The third kappa shape index (κ3) is 2.93. The van der Waals surface area contributed by atoms with E-state index in [1.54, 1.807) is 4.52 Å². The molecule has 20 heavy (non-hydrogen) atoms. The maximum atomic E-state index is 10.6. The van der Waals surface area contributed by atoms with Crippen molar-refractivity contribution >= 4 is 11.6 Å². The zero-order valence-electron chi connectivity index (χ0n) is 12.0. The average molecular weight is 274 g/mol. The van der Waals surface area contributed by atoms with Crippen LogP contribution in [0.15, 0.2) is 18.3 Å². The number of aromatic nitrogens is 3. The topological polar surface area (TPSA) is 62.5 Å². The number of nitrogens with one attached hydrogen (secondary N) is 1. The first-order valence-corrected chi connectivity index (χ1v) is 7.44. The number of fused-ring (bicyclic) bond motifs is 1. The molecule has 108 valence electrons. The van der Waals surface area contributed by atoms with Gasteiger partial charge < -0.3 is 10.4 Å². The fraction of sp³-hybridized carbons (Fsp3) is 0.600. The summed E-state index contributed by atoms with van der Waals surface area (Å²) in [7, 11) is 0. The van der Waals surface area contributed by atoms with Crippen LogP contribution in [-0.4, -0.2) is 31.9 Å². The monoisotopic (exact) mass is 274 g/mol.